The minimum Gasteiger partial charge on any atom is -0.309 e. The van der Waals surface area contributed by atoms with Crippen LogP contribution in [-0.2, 0) is 9.59 Å². The second-order valence-corrected chi connectivity index (χ2v) is 6.79. The number of aromatic nitrogens is 3. The molecule has 0 aliphatic heterocycles. The van der Waals surface area contributed by atoms with Crippen LogP contribution >= 0.6 is 23.1 Å². The maximum Gasteiger partial charge on any atom is 0.236 e. The Morgan fingerprint density at radius 3 is 2.67 bits per heavy atom. The number of hydrogen-bond acceptors (Lipinski definition) is 7. The number of thiazole rings is 1. The molecule has 2 aromatic heterocycles. The molecule has 2 amide bonds. The highest BCUT2D eigenvalue weighted by atomic mass is 32.2. The Morgan fingerprint density at radius 2 is 1.96 bits per heavy atom. The minimum atomic E-state index is -0.208. The normalized spacial score (nSPS) is 10.5. The van der Waals surface area contributed by atoms with Crippen LogP contribution in [0.15, 0.2) is 41.4 Å². The van der Waals surface area contributed by atoms with Gasteiger partial charge in [0.15, 0.2) is 10.9 Å². The summed E-state index contributed by atoms with van der Waals surface area (Å²) < 4.78 is 1.03. The van der Waals surface area contributed by atoms with Gasteiger partial charge in [-0.05, 0) is 24.3 Å². The number of carbonyl (C=O) groups excluding carboxylic acids is 2. The number of hydrogen-bond donors (Lipinski definition) is 2. The van der Waals surface area contributed by atoms with Gasteiger partial charge in [-0.3, -0.25) is 9.59 Å². The maximum absolute atomic E-state index is 12.0. The first-order valence-electron chi connectivity index (χ1n) is 7.00. The monoisotopic (exact) mass is 359 g/mol. The molecule has 0 bridgehead atoms. The molecule has 0 aliphatic rings. The number of amides is 2. The third kappa shape index (κ3) is 4.27. The van der Waals surface area contributed by atoms with Crippen molar-refractivity contribution < 1.29 is 9.59 Å². The Balaban J connectivity index is 1.54. The Kier molecular flexibility index (Phi) is 5.02. The zero-order valence-corrected chi connectivity index (χ0v) is 14.3. The number of benzene rings is 1. The van der Waals surface area contributed by atoms with Gasteiger partial charge in [0.05, 0.1) is 16.0 Å². The van der Waals surface area contributed by atoms with Gasteiger partial charge in [0.25, 0.3) is 0 Å². The summed E-state index contributed by atoms with van der Waals surface area (Å²) >= 11 is 2.70. The first-order chi connectivity index (χ1) is 11.6. The van der Waals surface area contributed by atoms with E-state index in [0.717, 1.165) is 10.2 Å². The van der Waals surface area contributed by atoms with Crippen LogP contribution in [0, 0.1) is 0 Å². The molecule has 0 radical (unpaired) electrons. The van der Waals surface area contributed by atoms with Crippen LogP contribution in [0.5, 0.6) is 0 Å². The lowest BCUT2D eigenvalue weighted by Crippen LogP contribution is -2.14. The topological polar surface area (TPSA) is 96.9 Å². The molecule has 7 nitrogen and oxygen atoms in total. The summed E-state index contributed by atoms with van der Waals surface area (Å²) in [4.78, 5) is 27.3. The Morgan fingerprint density at radius 1 is 1.12 bits per heavy atom. The molecule has 0 spiro atoms. The molecule has 0 aliphatic carbocycles. The molecule has 1 aromatic carbocycles. The van der Waals surface area contributed by atoms with E-state index in [4.69, 9.17) is 0 Å². The lowest BCUT2D eigenvalue weighted by molar-refractivity contribution is -0.114. The molecule has 24 heavy (non-hydrogen) atoms. The number of anilines is 2. The molecular weight excluding hydrogens is 346 g/mol. The standard InChI is InChI=1S/C15H13N5O2S2/c1-9(21)16-12-6-7-14(20-19-12)23-8-13(22)18-15-17-10-4-2-3-5-11(10)24-15/h2-7H,8H2,1H3,(H,16,19,21)(H,17,18,22). The molecule has 9 heteroatoms. The summed E-state index contributed by atoms with van der Waals surface area (Å²) in [5.41, 5.74) is 0.866. The first kappa shape index (κ1) is 16.3. The van der Waals surface area contributed by atoms with Gasteiger partial charge in [0.1, 0.15) is 5.03 Å². The van der Waals surface area contributed by atoms with Crippen LogP contribution in [0.1, 0.15) is 6.92 Å². The van der Waals surface area contributed by atoms with E-state index >= 15 is 0 Å². The van der Waals surface area contributed by atoms with E-state index in [1.807, 2.05) is 24.3 Å². The molecule has 3 rings (SSSR count). The second kappa shape index (κ2) is 7.37. The number of thioether (sulfide) groups is 1. The average Bonchev–Trinajstić information content (AvgIpc) is 2.96. The highest BCUT2D eigenvalue weighted by molar-refractivity contribution is 7.99. The second-order valence-electron chi connectivity index (χ2n) is 4.76. The summed E-state index contributed by atoms with van der Waals surface area (Å²) in [5, 5.41) is 14.3. The minimum absolute atomic E-state index is 0.160. The molecular formula is C15H13N5O2S2. The van der Waals surface area contributed by atoms with E-state index in [0.29, 0.717) is 16.0 Å². The largest absolute Gasteiger partial charge is 0.309 e. The van der Waals surface area contributed by atoms with E-state index in [2.05, 4.69) is 25.8 Å². The molecule has 2 heterocycles. The SMILES string of the molecule is CC(=O)Nc1ccc(SCC(=O)Nc2nc3ccccc3s2)nn1. The lowest BCUT2D eigenvalue weighted by Gasteiger charge is -2.02. The van der Waals surface area contributed by atoms with Crippen molar-refractivity contribution in [1.82, 2.24) is 15.2 Å². The number of rotatable bonds is 5. The fourth-order valence-electron chi connectivity index (χ4n) is 1.86. The first-order valence-corrected chi connectivity index (χ1v) is 8.80. The summed E-state index contributed by atoms with van der Waals surface area (Å²) in [7, 11) is 0. The van der Waals surface area contributed by atoms with E-state index in [1.54, 1.807) is 12.1 Å². The number of nitrogens with zero attached hydrogens (tertiary/aromatic N) is 3. The Bertz CT molecular complexity index is 846. The molecule has 0 atom stereocenters. The van der Waals surface area contributed by atoms with Crippen molar-refractivity contribution in [2.75, 3.05) is 16.4 Å². The van der Waals surface area contributed by atoms with E-state index < -0.39 is 0 Å². The van der Waals surface area contributed by atoms with Crippen LogP contribution in [0.3, 0.4) is 0 Å². The predicted molar refractivity (Wildman–Crippen MR) is 95.3 cm³/mol. The van der Waals surface area contributed by atoms with Crippen LogP contribution in [0.2, 0.25) is 0 Å². The highest BCUT2D eigenvalue weighted by Gasteiger charge is 2.09. The van der Waals surface area contributed by atoms with Crippen molar-refractivity contribution >= 4 is 56.1 Å². The van der Waals surface area contributed by atoms with Gasteiger partial charge in [-0.1, -0.05) is 35.2 Å². The number of nitrogens with one attached hydrogen (secondary N) is 2. The van der Waals surface area contributed by atoms with Crippen molar-refractivity contribution in [3.8, 4) is 0 Å². The van der Waals surface area contributed by atoms with Crippen molar-refractivity contribution in [2.45, 2.75) is 11.9 Å². The van der Waals surface area contributed by atoms with Crippen molar-refractivity contribution in [3.05, 3.63) is 36.4 Å². The Labute approximate surface area is 145 Å². The third-order valence-electron chi connectivity index (χ3n) is 2.84. The van der Waals surface area contributed by atoms with E-state index in [-0.39, 0.29) is 17.6 Å². The van der Waals surface area contributed by atoms with Gasteiger partial charge in [-0.15, -0.1) is 10.2 Å². The summed E-state index contributed by atoms with van der Waals surface area (Å²) in [6.07, 6.45) is 0. The number of fused-ring (bicyclic) bond motifs is 1. The smallest absolute Gasteiger partial charge is 0.236 e. The molecule has 2 N–H and O–H groups in total. The number of carbonyl (C=O) groups is 2. The van der Waals surface area contributed by atoms with Gasteiger partial charge < -0.3 is 10.6 Å². The molecule has 0 fully saturated rings. The van der Waals surface area contributed by atoms with Crippen molar-refractivity contribution in [2.24, 2.45) is 0 Å². The van der Waals surface area contributed by atoms with E-state index in [1.165, 1.54) is 30.0 Å². The quantitative estimate of drug-likeness (QED) is 0.680. The highest BCUT2D eigenvalue weighted by Crippen LogP contribution is 2.25. The van der Waals surface area contributed by atoms with Crippen LogP contribution < -0.4 is 10.6 Å². The van der Waals surface area contributed by atoms with Crippen molar-refractivity contribution in [1.29, 1.82) is 0 Å². The maximum atomic E-state index is 12.0. The molecule has 0 saturated carbocycles. The Hall–Kier alpha value is -2.52. The van der Waals surface area contributed by atoms with Crippen LogP contribution in [-0.4, -0.2) is 32.7 Å². The zero-order valence-electron chi connectivity index (χ0n) is 12.6. The van der Waals surface area contributed by atoms with Crippen LogP contribution in [0.4, 0.5) is 10.9 Å². The van der Waals surface area contributed by atoms with Crippen molar-refractivity contribution in [3.63, 3.8) is 0 Å². The van der Waals surface area contributed by atoms with Gasteiger partial charge in [-0.2, -0.15) is 0 Å². The van der Waals surface area contributed by atoms with Crippen LogP contribution in [0.25, 0.3) is 10.2 Å². The van der Waals surface area contributed by atoms with Gasteiger partial charge in [-0.25, -0.2) is 4.98 Å². The van der Waals surface area contributed by atoms with Gasteiger partial charge in [0.2, 0.25) is 11.8 Å². The fraction of sp³-hybridized carbons (Fsp3) is 0.133. The lowest BCUT2D eigenvalue weighted by atomic mass is 10.3. The van der Waals surface area contributed by atoms with E-state index in [9.17, 15) is 9.59 Å². The summed E-state index contributed by atoms with van der Waals surface area (Å²) in [6, 6.07) is 11.1. The average molecular weight is 359 g/mol. The molecule has 122 valence electrons. The third-order valence-corrected chi connectivity index (χ3v) is 4.71. The molecule has 0 saturated heterocycles. The van der Waals surface area contributed by atoms with Gasteiger partial charge in [0, 0.05) is 6.92 Å². The number of para-hydroxylation sites is 1. The predicted octanol–water partition coefficient (Wildman–Crippen LogP) is 2.78. The van der Waals surface area contributed by atoms with Gasteiger partial charge >= 0.3 is 0 Å². The summed E-state index contributed by atoms with van der Waals surface area (Å²) in [6.45, 7) is 1.40. The summed E-state index contributed by atoms with van der Waals surface area (Å²) in [5.74, 6) is 0.210. The fourth-order valence-corrected chi connectivity index (χ4v) is 3.36. The molecule has 3 aromatic rings. The zero-order chi connectivity index (χ0) is 16.9. The molecule has 0 unspecified atom stereocenters.